The number of nitrogens with one attached hydrogen (secondary N) is 1. The number of rotatable bonds is 8. The first-order valence-electron chi connectivity index (χ1n) is 12.2. The van der Waals surface area contributed by atoms with Gasteiger partial charge in [-0.05, 0) is 18.1 Å². The van der Waals surface area contributed by atoms with Gasteiger partial charge in [0, 0.05) is 31.1 Å². The Morgan fingerprint density at radius 2 is 1.87 bits per heavy atom. The van der Waals surface area contributed by atoms with E-state index in [0.717, 1.165) is 11.6 Å². The Balaban J connectivity index is 1.67. The van der Waals surface area contributed by atoms with Crippen molar-refractivity contribution in [3.8, 4) is 12.3 Å². The van der Waals surface area contributed by atoms with Crippen LogP contribution in [0, 0.1) is 24.0 Å². The molecule has 0 unspecified atom stereocenters. The fourth-order valence-corrected chi connectivity index (χ4v) is 4.83. The predicted molar refractivity (Wildman–Crippen MR) is 134 cm³/mol. The van der Waals surface area contributed by atoms with Crippen molar-refractivity contribution in [2.24, 2.45) is 0 Å². The average molecular weight is 540 g/mol. The van der Waals surface area contributed by atoms with Gasteiger partial charge in [0.25, 0.3) is 0 Å². The number of carboxylic acids is 1. The third-order valence-electron chi connectivity index (χ3n) is 6.61. The molecule has 2 aromatic carbocycles. The van der Waals surface area contributed by atoms with Crippen molar-refractivity contribution in [3.63, 3.8) is 0 Å². The number of terminal acetylenes is 1. The van der Waals surface area contributed by atoms with E-state index in [0.29, 0.717) is 6.07 Å². The minimum atomic E-state index is -1.21. The van der Waals surface area contributed by atoms with E-state index in [4.69, 9.17) is 6.42 Å². The lowest BCUT2D eigenvalue weighted by atomic mass is 10.0. The van der Waals surface area contributed by atoms with Crippen LogP contribution in [0.3, 0.4) is 0 Å². The number of urea groups is 1. The van der Waals surface area contributed by atoms with E-state index >= 15 is 0 Å². The highest BCUT2D eigenvalue weighted by molar-refractivity contribution is 5.91. The molecule has 0 radical (unpaired) electrons. The molecular formula is C27H27F2N5O5. The molecule has 2 atom stereocenters. The van der Waals surface area contributed by atoms with Crippen molar-refractivity contribution in [2.45, 2.75) is 38.1 Å². The van der Waals surface area contributed by atoms with Gasteiger partial charge in [0.05, 0.1) is 19.6 Å². The summed E-state index contributed by atoms with van der Waals surface area (Å²) in [7, 11) is 0. The molecule has 0 aliphatic carbocycles. The maximum Gasteiger partial charge on any atom is 0.334 e. The molecule has 0 bridgehead atoms. The molecule has 4 rings (SSSR count). The molecule has 4 amide bonds. The van der Waals surface area contributed by atoms with Gasteiger partial charge in [-0.1, -0.05) is 42.3 Å². The van der Waals surface area contributed by atoms with Crippen molar-refractivity contribution in [1.29, 1.82) is 0 Å². The number of hydrazine groups is 1. The second kappa shape index (κ2) is 11.9. The van der Waals surface area contributed by atoms with E-state index in [1.165, 1.54) is 25.9 Å². The number of hydrogen-bond donors (Lipinski definition) is 2. The maximum absolute atomic E-state index is 14.5. The number of fused-ring (bicyclic) bond motifs is 1. The summed E-state index contributed by atoms with van der Waals surface area (Å²) in [4.78, 5) is 54.1. The van der Waals surface area contributed by atoms with Gasteiger partial charge in [-0.3, -0.25) is 14.4 Å². The van der Waals surface area contributed by atoms with Crippen LogP contribution in [0.4, 0.5) is 13.6 Å². The predicted octanol–water partition coefficient (Wildman–Crippen LogP) is 1.77. The van der Waals surface area contributed by atoms with Gasteiger partial charge in [-0.15, -0.1) is 6.42 Å². The number of carboxylic acid groups (broad SMARTS) is 1. The first-order chi connectivity index (χ1) is 18.7. The lowest BCUT2D eigenvalue weighted by Gasteiger charge is -2.54. The smallest absolute Gasteiger partial charge is 0.334 e. The molecule has 2 aromatic rings. The van der Waals surface area contributed by atoms with E-state index < -0.39 is 54.1 Å². The Kier molecular flexibility index (Phi) is 8.41. The number of hydrogen-bond acceptors (Lipinski definition) is 5. The molecule has 204 valence electrons. The van der Waals surface area contributed by atoms with Crippen LogP contribution in [0.2, 0.25) is 0 Å². The number of nitrogens with zero attached hydrogens (tertiary/aromatic N) is 4. The maximum atomic E-state index is 14.5. The molecule has 12 heteroatoms. The Morgan fingerprint density at radius 1 is 1.13 bits per heavy atom. The summed E-state index contributed by atoms with van der Waals surface area (Å²) < 4.78 is 27.9. The molecule has 10 nitrogen and oxygen atoms in total. The molecule has 39 heavy (non-hydrogen) atoms. The quantitative estimate of drug-likeness (QED) is 0.495. The average Bonchev–Trinajstić information content (AvgIpc) is 2.89. The Labute approximate surface area is 223 Å². The Morgan fingerprint density at radius 3 is 2.54 bits per heavy atom. The van der Waals surface area contributed by atoms with Crippen LogP contribution in [0.1, 0.15) is 24.0 Å². The normalized spacial score (nSPS) is 19.5. The van der Waals surface area contributed by atoms with E-state index in [-0.39, 0.29) is 44.7 Å². The molecule has 2 saturated heterocycles. The zero-order valence-electron chi connectivity index (χ0n) is 20.9. The lowest BCUT2D eigenvalue weighted by Crippen LogP contribution is -2.76. The standard InChI is InChI=1S/C27H27F2N5O5/c1-2-12-32-17-24(35)33-22(10-11-25(36)37)26(38)31(15-19-8-9-20(28)13-21(19)29)16-23(33)34(32)27(39)30-14-18-6-4-3-5-7-18/h1,3-9,13,22-23H,10-12,14-17H2,(H,30,39)(H,36,37)/t22-,23-/m0/s1. The highest BCUT2D eigenvalue weighted by atomic mass is 19.1. The topological polar surface area (TPSA) is 114 Å². The third kappa shape index (κ3) is 6.15. The largest absolute Gasteiger partial charge is 0.481 e. The van der Waals surface area contributed by atoms with Crippen molar-refractivity contribution in [3.05, 3.63) is 71.3 Å². The first-order valence-corrected chi connectivity index (χ1v) is 12.2. The third-order valence-corrected chi connectivity index (χ3v) is 6.61. The number of benzene rings is 2. The number of amides is 4. The van der Waals surface area contributed by atoms with Crippen molar-refractivity contribution in [2.75, 3.05) is 19.6 Å². The van der Waals surface area contributed by atoms with E-state index in [9.17, 15) is 33.1 Å². The second-order valence-corrected chi connectivity index (χ2v) is 9.20. The molecule has 2 aliphatic heterocycles. The van der Waals surface area contributed by atoms with Crippen molar-refractivity contribution >= 4 is 23.8 Å². The summed E-state index contributed by atoms with van der Waals surface area (Å²) in [6.07, 6.45) is 3.83. The van der Waals surface area contributed by atoms with Crippen LogP contribution in [0.25, 0.3) is 0 Å². The minimum absolute atomic E-state index is 0.0258. The van der Waals surface area contributed by atoms with Gasteiger partial charge in [-0.25, -0.2) is 18.6 Å². The summed E-state index contributed by atoms with van der Waals surface area (Å²) in [5.74, 6) is -1.49. The Bertz CT molecular complexity index is 1300. The summed E-state index contributed by atoms with van der Waals surface area (Å²) in [5.41, 5.74) is 0.851. The van der Waals surface area contributed by atoms with Crippen LogP contribution in [0.15, 0.2) is 48.5 Å². The summed E-state index contributed by atoms with van der Waals surface area (Å²) in [6, 6.07) is 10.3. The zero-order chi connectivity index (χ0) is 28.1. The van der Waals surface area contributed by atoms with Gasteiger partial charge in [0.2, 0.25) is 11.8 Å². The monoisotopic (exact) mass is 539 g/mol. The first kappa shape index (κ1) is 27.5. The Hall–Kier alpha value is -4.50. The van der Waals surface area contributed by atoms with Crippen LogP contribution in [-0.4, -0.2) is 80.6 Å². The van der Waals surface area contributed by atoms with Gasteiger partial charge in [-0.2, -0.15) is 5.01 Å². The van der Waals surface area contributed by atoms with Gasteiger partial charge in [0.15, 0.2) is 0 Å². The van der Waals surface area contributed by atoms with Crippen molar-refractivity contribution in [1.82, 2.24) is 25.1 Å². The molecule has 2 heterocycles. The van der Waals surface area contributed by atoms with Gasteiger partial charge in [0.1, 0.15) is 23.8 Å². The van der Waals surface area contributed by atoms with Crippen LogP contribution in [0.5, 0.6) is 0 Å². The van der Waals surface area contributed by atoms with Gasteiger partial charge >= 0.3 is 12.0 Å². The molecule has 0 spiro atoms. The number of carbonyl (C=O) groups is 4. The minimum Gasteiger partial charge on any atom is -0.481 e. The molecular weight excluding hydrogens is 512 g/mol. The zero-order valence-corrected chi connectivity index (χ0v) is 20.9. The van der Waals surface area contributed by atoms with Crippen LogP contribution < -0.4 is 5.32 Å². The molecule has 2 fully saturated rings. The van der Waals surface area contributed by atoms with Crippen LogP contribution >= 0.6 is 0 Å². The second-order valence-electron chi connectivity index (χ2n) is 9.20. The highest BCUT2D eigenvalue weighted by Crippen LogP contribution is 2.29. The van der Waals surface area contributed by atoms with Gasteiger partial charge < -0.3 is 20.2 Å². The fraction of sp³-hybridized carbons (Fsp3) is 0.333. The lowest BCUT2D eigenvalue weighted by molar-refractivity contribution is -0.190. The fourth-order valence-electron chi connectivity index (χ4n) is 4.83. The highest BCUT2D eigenvalue weighted by Gasteiger charge is 2.51. The van der Waals surface area contributed by atoms with E-state index in [2.05, 4.69) is 11.2 Å². The summed E-state index contributed by atoms with van der Waals surface area (Å²) >= 11 is 0. The number of carbonyl (C=O) groups excluding carboxylic acids is 3. The van der Waals surface area contributed by atoms with Crippen LogP contribution in [-0.2, 0) is 27.5 Å². The number of halogens is 2. The number of aliphatic carboxylic acids is 1. The number of piperazine rings is 1. The SMILES string of the molecule is C#CCN1CC(=O)N2[C@@H](CCC(=O)O)C(=O)N(Cc3ccc(F)cc3F)C[C@@H]2N1C(=O)NCc1ccccc1. The van der Waals surface area contributed by atoms with Crippen molar-refractivity contribution < 1.29 is 33.1 Å². The molecule has 2 aliphatic rings. The molecule has 0 saturated carbocycles. The molecule has 2 N–H and O–H groups in total. The molecule has 0 aromatic heterocycles. The van der Waals surface area contributed by atoms with E-state index in [1.807, 2.05) is 30.3 Å². The summed E-state index contributed by atoms with van der Waals surface area (Å²) in [5, 5.41) is 14.7. The summed E-state index contributed by atoms with van der Waals surface area (Å²) in [6.45, 7) is -0.697. The van der Waals surface area contributed by atoms with E-state index in [1.54, 1.807) is 0 Å².